The van der Waals surface area contributed by atoms with E-state index in [2.05, 4.69) is 0 Å². The molecule has 1 aromatic rings. The summed E-state index contributed by atoms with van der Waals surface area (Å²) in [5.41, 5.74) is 0.710. The first-order valence-electron chi connectivity index (χ1n) is 6.36. The molecule has 0 heterocycles. The van der Waals surface area contributed by atoms with Gasteiger partial charge in [0.05, 0.1) is 27.4 Å². The normalized spacial score (nSPS) is 10.3. The van der Waals surface area contributed by atoms with Crippen LogP contribution in [0.25, 0.3) is 0 Å². The van der Waals surface area contributed by atoms with Crippen LogP contribution in [0.1, 0.15) is 24.8 Å². The van der Waals surface area contributed by atoms with Crippen LogP contribution in [0.4, 0.5) is 0 Å². The highest BCUT2D eigenvalue weighted by Crippen LogP contribution is 2.38. The molecule has 0 aliphatic rings. The van der Waals surface area contributed by atoms with E-state index >= 15 is 0 Å². The average molecular weight is 270 g/mol. The Kier molecular flexibility index (Phi) is 7.07. The van der Waals surface area contributed by atoms with Gasteiger partial charge in [-0.2, -0.15) is 0 Å². The lowest BCUT2D eigenvalue weighted by atomic mass is 10.2. The Hall–Kier alpha value is -1.46. The lowest BCUT2D eigenvalue weighted by molar-refractivity contribution is 0.250. The third kappa shape index (κ3) is 4.61. The van der Waals surface area contributed by atoms with E-state index in [-0.39, 0.29) is 13.2 Å². The van der Waals surface area contributed by atoms with Gasteiger partial charge in [-0.3, -0.25) is 0 Å². The van der Waals surface area contributed by atoms with E-state index in [4.69, 9.17) is 24.4 Å². The maximum Gasteiger partial charge on any atom is 0.203 e. The van der Waals surface area contributed by atoms with Crippen LogP contribution in [0.2, 0.25) is 0 Å². The molecule has 1 aromatic carbocycles. The first kappa shape index (κ1) is 15.6. The molecule has 2 N–H and O–H groups in total. The third-order valence-electron chi connectivity index (χ3n) is 2.75. The standard InChI is InChI=1S/C14H22O5/c1-17-12-8-11(10-16)9-13(18-2)14(12)19-7-5-3-4-6-15/h8-9,15-16H,3-7,10H2,1-2H3. The van der Waals surface area contributed by atoms with Crippen LogP contribution in [0.5, 0.6) is 17.2 Å². The average Bonchev–Trinajstić information content (AvgIpc) is 2.46. The summed E-state index contributed by atoms with van der Waals surface area (Å²) < 4.78 is 16.2. The fourth-order valence-electron chi connectivity index (χ4n) is 1.73. The monoisotopic (exact) mass is 270 g/mol. The van der Waals surface area contributed by atoms with Crippen LogP contribution < -0.4 is 14.2 Å². The molecule has 19 heavy (non-hydrogen) atoms. The van der Waals surface area contributed by atoms with Gasteiger partial charge in [-0.15, -0.1) is 0 Å². The van der Waals surface area contributed by atoms with Gasteiger partial charge in [0.15, 0.2) is 11.5 Å². The van der Waals surface area contributed by atoms with Crippen molar-refractivity contribution in [1.82, 2.24) is 0 Å². The number of hydrogen-bond donors (Lipinski definition) is 2. The molecule has 0 atom stereocenters. The largest absolute Gasteiger partial charge is 0.493 e. The molecule has 0 saturated carbocycles. The van der Waals surface area contributed by atoms with Crippen LogP contribution >= 0.6 is 0 Å². The highest BCUT2D eigenvalue weighted by atomic mass is 16.5. The minimum absolute atomic E-state index is 0.0799. The van der Waals surface area contributed by atoms with Gasteiger partial charge in [-0.05, 0) is 37.0 Å². The Bertz CT molecular complexity index is 353. The summed E-state index contributed by atoms with van der Waals surface area (Å²) >= 11 is 0. The summed E-state index contributed by atoms with van der Waals surface area (Å²) in [5.74, 6) is 1.64. The molecule has 0 spiro atoms. The smallest absolute Gasteiger partial charge is 0.203 e. The summed E-state index contributed by atoms with van der Waals surface area (Å²) in [6, 6.07) is 3.46. The van der Waals surface area contributed by atoms with Gasteiger partial charge in [-0.25, -0.2) is 0 Å². The van der Waals surface area contributed by atoms with Crippen molar-refractivity contribution in [1.29, 1.82) is 0 Å². The van der Waals surface area contributed by atoms with E-state index in [0.29, 0.717) is 29.4 Å². The zero-order valence-electron chi connectivity index (χ0n) is 11.5. The first-order valence-corrected chi connectivity index (χ1v) is 6.36. The minimum Gasteiger partial charge on any atom is -0.493 e. The minimum atomic E-state index is -0.0799. The summed E-state index contributed by atoms with van der Waals surface area (Å²) in [5, 5.41) is 17.9. The fraction of sp³-hybridized carbons (Fsp3) is 0.571. The van der Waals surface area contributed by atoms with Gasteiger partial charge in [0.1, 0.15) is 0 Å². The van der Waals surface area contributed by atoms with Gasteiger partial charge in [0, 0.05) is 6.61 Å². The molecule has 0 fully saturated rings. The number of aliphatic hydroxyl groups excluding tert-OH is 2. The third-order valence-corrected chi connectivity index (χ3v) is 2.75. The maximum atomic E-state index is 9.17. The highest BCUT2D eigenvalue weighted by molar-refractivity contribution is 5.53. The Balaban J connectivity index is 2.73. The Morgan fingerprint density at radius 2 is 1.58 bits per heavy atom. The van der Waals surface area contributed by atoms with E-state index in [0.717, 1.165) is 19.3 Å². The molecule has 0 aliphatic heterocycles. The SMILES string of the molecule is COc1cc(CO)cc(OC)c1OCCCCCO. The molecule has 0 bridgehead atoms. The number of hydrogen-bond acceptors (Lipinski definition) is 5. The lowest BCUT2D eigenvalue weighted by Crippen LogP contribution is -2.03. The number of benzene rings is 1. The molecular weight excluding hydrogens is 248 g/mol. The Morgan fingerprint density at radius 3 is 2.05 bits per heavy atom. The molecule has 5 nitrogen and oxygen atoms in total. The van der Waals surface area contributed by atoms with E-state index in [9.17, 15) is 0 Å². The molecule has 0 saturated heterocycles. The molecule has 0 radical (unpaired) electrons. The first-order chi connectivity index (χ1) is 9.26. The van der Waals surface area contributed by atoms with Crippen molar-refractivity contribution < 1.29 is 24.4 Å². The van der Waals surface area contributed by atoms with Crippen molar-refractivity contribution >= 4 is 0 Å². The van der Waals surface area contributed by atoms with Crippen LogP contribution in [0, 0.1) is 0 Å². The molecule has 0 unspecified atom stereocenters. The van der Waals surface area contributed by atoms with Crippen molar-refractivity contribution in [2.75, 3.05) is 27.4 Å². The molecule has 0 amide bonds. The number of ether oxygens (including phenoxy) is 3. The lowest BCUT2D eigenvalue weighted by Gasteiger charge is -2.15. The quantitative estimate of drug-likeness (QED) is 0.669. The van der Waals surface area contributed by atoms with Crippen molar-refractivity contribution in [2.45, 2.75) is 25.9 Å². The topological polar surface area (TPSA) is 68.2 Å². The van der Waals surface area contributed by atoms with Gasteiger partial charge in [-0.1, -0.05) is 0 Å². The van der Waals surface area contributed by atoms with E-state index in [1.54, 1.807) is 26.4 Å². The van der Waals surface area contributed by atoms with Crippen molar-refractivity contribution in [3.05, 3.63) is 17.7 Å². The second-order valence-corrected chi connectivity index (χ2v) is 4.12. The van der Waals surface area contributed by atoms with Crippen LogP contribution in [0.15, 0.2) is 12.1 Å². The summed E-state index contributed by atoms with van der Waals surface area (Å²) in [4.78, 5) is 0. The predicted octanol–water partition coefficient (Wildman–Crippen LogP) is 1.74. The summed E-state index contributed by atoms with van der Waals surface area (Å²) in [7, 11) is 3.10. The van der Waals surface area contributed by atoms with Gasteiger partial charge in [0.25, 0.3) is 0 Å². The van der Waals surface area contributed by atoms with E-state index < -0.39 is 0 Å². The number of aliphatic hydroxyl groups is 2. The van der Waals surface area contributed by atoms with Crippen molar-refractivity contribution in [2.24, 2.45) is 0 Å². The van der Waals surface area contributed by atoms with Crippen LogP contribution in [0.3, 0.4) is 0 Å². The van der Waals surface area contributed by atoms with Crippen molar-refractivity contribution in [3.63, 3.8) is 0 Å². The Morgan fingerprint density at radius 1 is 0.947 bits per heavy atom. The number of rotatable bonds is 9. The zero-order chi connectivity index (χ0) is 14.1. The molecule has 5 heteroatoms. The van der Waals surface area contributed by atoms with Gasteiger partial charge in [0.2, 0.25) is 5.75 Å². The molecule has 1 rings (SSSR count). The fourth-order valence-corrected chi connectivity index (χ4v) is 1.73. The molecular formula is C14H22O5. The molecule has 0 aromatic heterocycles. The molecule has 0 aliphatic carbocycles. The van der Waals surface area contributed by atoms with E-state index in [1.165, 1.54) is 0 Å². The second-order valence-electron chi connectivity index (χ2n) is 4.12. The number of unbranched alkanes of at least 4 members (excludes halogenated alkanes) is 2. The maximum absolute atomic E-state index is 9.17. The second kappa shape index (κ2) is 8.61. The zero-order valence-corrected chi connectivity index (χ0v) is 11.5. The van der Waals surface area contributed by atoms with E-state index in [1.807, 2.05) is 0 Å². The van der Waals surface area contributed by atoms with Gasteiger partial charge < -0.3 is 24.4 Å². The Labute approximate surface area is 113 Å². The molecule has 108 valence electrons. The van der Waals surface area contributed by atoms with Crippen LogP contribution in [-0.4, -0.2) is 37.6 Å². The predicted molar refractivity (Wildman–Crippen MR) is 71.9 cm³/mol. The van der Waals surface area contributed by atoms with Crippen molar-refractivity contribution in [3.8, 4) is 17.2 Å². The number of methoxy groups -OCH3 is 2. The van der Waals surface area contributed by atoms with Crippen LogP contribution in [-0.2, 0) is 6.61 Å². The summed E-state index contributed by atoms with van der Waals surface area (Å²) in [6.45, 7) is 0.659. The van der Waals surface area contributed by atoms with Gasteiger partial charge >= 0.3 is 0 Å². The summed E-state index contributed by atoms with van der Waals surface area (Å²) in [6.07, 6.45) is 2.55. The highest BCUT2D eigenvalue weighted by Gasteiger charge is 2.13.